The Balaban J connectivity index is 2.13. The minimum absolute atomic E-state index is 0.0528. The first-order valence-electron chi connectivity index (χ1n) is 6.41. The molecule has 0 spiro atoms. The highest BCUT2D eigenvalue weighted by molar-refractivity contribution is 5.78. The molecule has 1 aliphatic heterocycles. The van der Waals surface area contributed by atoms with Crippen molar-refractivity contribution >= 4 is 11.8 Å². The van der Waals surface area contributed by atoms with Crippen molar-refractivity contribution in [1.29, 1.82) is 0 Å². The van der Waals surface area contributed by atoms with Gasteiger partial charge in [-0.25, -0.2) is 0 Å². The second-order valence-electron chi connectivity index (χ2n) is 4.93. The number of amides is 2. The van der Waals surface area contributed by atoms with Gasteiger partial charge in [-0.05, 0) is 11.1 Å². The Labute approximate surface area is 112 Å². The lowest BCUT2D eigenvalue weighted by molar-refractivity contribution is -0.121. The summed E-state index contributed by atoms with van der Waals surface area (Å²) in [6.07, 6.45) is 0. The summed E-state index contributed by atoms with van der Waals surface area (Å²) in [5.74, 6) is -0.351. The first kappa shape index (κ1) is 13.5. The highest BCUT2D eigenvalue weighted by Crippen LogP contribution is 2.28. The molecule has 1 aromatic rings. The fourth-order valence-corrected chi connectivity index (χ4v) is 2.49. The minimum Gasteiger partial charge on any atom is -0.369 e. The zero-order chi connectivity index (χ0) is 13.8. The highest BCUT2D eigenvalue weighted by atomic mass is 16.1. The monoisotopic (exact) mass is 261 g/mol. The Hall–Kier alpha value is -1.88. The number of carbonyl (C=O) groups excluding carboxylic acids is 2. The smallest absolute Gasteiger partial charge is 0.222 e. The number of nitrogens with one attached hydrogen (secondary N) is 2. The molecule has 1 fully saturated rings. The Bertz CT molecular complexity index is 487. The van der Waals surface area contributed by atoms with Crippen molar-refractivity contribution in [3.05, 3.63) is 35.4 Å². The van der Waals surface area contributed by atoms with Gasteiger partial charge < -0.3 is 16.4 Å². The molecule has 2 rings (SSSR count). The molecule has 0 bridgehead atoms. The summed E-state index contributed by atoms with van der Waals surface area (Å²) in [6.45, 7) is 3.39. The van der Waals surface area contributed by atoms with E-state index >= 15 is 0 Å². The molecule has 0 aromatic heterocycles. The highest BCUT2D eigenvalue weighted by Gasteiger charge is 2.32. The van der Waals surface area contributed by atoms with E-state index in [1.807, 2.05) is 24.3 Å². The number of hydrogen-bond acceptors (Lipinski definition) is 3. The van der Waals surface area contributed by atoms with Crippen LogP contribution in [0.1, 0.15) is 24.0 Å². The van der Waals surface area contributed by atoms with Crippen molar-refractivity contribution in [2.75, 3.05) is 13.1 Å². The van der Waals surface area contributed by atoms with Gasteiger partial charge in [-0.1, -0.05) is 24.3 Å². The van der Waals surface area contributed by atoms with E-state index in [1.54, 1.807) is 0 Å². The molecule has 1 aromatic carbocycles. The number of carbonyl (C=O) groups is 2. The lowest BCUT2D eigenvalue weighted by Gasteiger charge is -2.16. The van der Waals surface area contributed by atoms with E-state index < -0.39 is 0 Å². The van der Waals surface area contributed by atoms with Crippen LogP contribution in [0.25, 0.3) is 0 Å². The number of benzene rings is 1. The Morgan fingerprint density at radius 2 is 2.21 bits per heavy atom. The van der Waals surface area contributed by atoms with Gasteiger partial charge in [0.15, 0.2) is 0 Å². The molecule has 2 unspecified atom stereocenters. The third kappa shape index (κ3) is 3.32. The maximum atomic E-state index is 11.4. The van der Waals surface area contributed by atoms with Crippen molar-refractivity contribution in [3.8, 4) is 0 Å². The van der Waals surface area contributed by atoms with Crippen LogP contribution in [-0.2, 0) is 16.1 Å². The van der Waals surface area contributed by atoms with Gasteiger partial charge in [0.1, 0.15) is 0 Å². The molecule has 102 valence electrons. The standard InChI is InChI=1S/C14H19N3O2/c1-9(18)17-6-10-3-2-4-11(5-10)12-7-16-8-13(12)14(15)19/h2-5,12-13,16H,6-8H2,1H3,(H2,15,19)(H,17,18). The summed E-state index contributed by atoms with van der Waals surface area (Å²) < 4.78 is 0. The molecule has 1 aliphatic rings. The zero-order valence-electron chi connectivity index (χ0n) is 11.0. The van der Waals surface area contributed by atoms with Crippen LogP contribution in [0.5, 0.6) is 0 Å². The number of nitrogens with two attached hydrogens (primary N) is 1. The third-order valence-corrected chi connectivity index (χ3v) is 3.50. The summed E-state index contributed by atoms with van der Waals surface area (Å²) in [4.78, 5) is 22.3. The van der Waals surface area contributed by atoms with Crippen LogP contribution in [0.4, 0.5) is 0 Å². The normalized spacial score (nSPS) is 22.2. The van der Waals surface area contributed by atoms with Gasteiger partial charge in [0.25, 0.3) is 0 Å². The lowest BCUT2D eigenvalue weighted by atomic mass is 9.88. The quantitative estimate of drug-likeness (QED) is 0.719. The molecule has 5 heteroatoms. The molecule has 1 heterocycles. The molecular weight excluding hydrogens is 242 g/mol. The van der Waals surface area contributed by atoms with Gasteiger partial charge in [0, 0.05) is 32.5 Å². The van der Waals surface area contributed by atoms with Crippen molar-refractivity contribution < 1.29 is 9.59 Å². The van der Waals surface area contributed by atoms with Crippen molar-refractivity contribution in [1.82, 2.24) is 10.6 Å². The SMILES string of the molecule is CC(=O)NCc1cccc(C2CNCC2C(N)=O)c1. The van der Waals surface area contributed by atoms with E-state index in [-0.39, 0.29) is 23.7 Å². The van der Waals surface area contributed by atoms with E-state index in [9.17, 15) is 9.59 Å². The van der Waals surface area contributed by atoms with Crippen LogP contribution < -0.4 is 16.4 Å². The minimum atomic E-state index is -0.262. The summed E-state index contributed by atoms with van der Waals surface area (Å²) in [5, 5.41) is 5.97. The maximum Gasteiger partial charge on any atom is 0.222 e. The average Bonchev–Trinajstić information content (AvgIpc) is 2.86. The first-order chi connectivity index (χ1) is 9.08. The molecule has 5 nitrogen and oxygen atoms in total. The van der Waals surface area contributed by atoms with E-state index in [0.29, 0.717) is 13.1 Å². The molecule has 0 saturated carbocycles. The van der Waals surface area contributed by atoms with E-state index in [0.717, 1.165) is 17.7 Å². The fraction of sp³-hybridized carbons (Fsp3) is 0.429. The van der Waals surface area contributed by atoms with Gasteiger partial charge in [-0.2, -0.15) is 0 Å². The van der Waals surface area contributed by atoms with Crippen LogP contribution in [0.3, 0.4) is 0 Å². The summed E-state index contributed by atoms with van der Waals surface area (Å²) in [7, 11) is 0. The lowest BCUT2D eigenvalue weighted by Crippen LogP contribution is -2.28. The summed E-state index contributed by atoms with van der Waals surface area (Å²) in [6, 6.07) is 7.94. The van der Waals surface area contributed by atoms with E-state index in [2.05, 4.69) is 10.6 Å². The Morgan fingerprint density at radius 3 is 2.89 bits per heavy atom. The van der Waals surface area contributed by atoms with Gasteiger partial charge >= 0.3 is 0 Å². The second-order valence-corrected chi connectivity index (χ2v) is 4.93. The number of primary amides is 1. The van der Waals surface area contributed by atoms with Crippen molar-refractivity contribution in [3.63, 3.8) is 0 Å². The molecular formula is C14H19N3O2. The van der Waals surface area contributed by atoms with Gasteiger partial charge in [0.2, 0.25) is 11.8 Å². The first-order valence-corrected chi connectivity index (χ1v) is 6.41. The molecule has 19 heavy (non-hydrogen) atoms. The van der Waals surface area contributed by atoms with Crippen LogP contribution in [-0.4, -0.2) is 24.9 Å². The van der Waals surface area contributed by atoms with E-state index in [1.165, 1.54) is 6.92 Å². The predicted molar refractivity (Wildman–Crippen MR) is 72.3 cm³/mol. The van der Waals surface area contributed by atoms with Gasteiger partial charge in [-0.3, -0.25) is 9.59 Å². The third-order valence-electron chi connectivity index (χ3n) is 3.50. The van der Waals surface area contributed by atoms with Crippen molar-refractivity contribution in [2.24, 2.45) is 11.7 Å². The second kappa shape index (κ2) is 5.84. The zero-order valence-corrected chi connectivity index (χ0v) is 11.0. The molecule has 0 radical (unpaired) electrons. The molecule has 2 amide bonds. The van der Waals surface area contributed by atoms with Crippen LogP contribution in [0.2, 0.25) is 0 Å². The summed E-state index contributed by atoms with van der Waals surface area (Å²) in [5.41, 5.74) is 7.55. The molecule has 0 aliphatic carbocycles. The van der Waals surface area contributed by atoms with Crippen LogP contribution in [0.15, 0.2) is 24.3 Å². The van der Waals surface area contributed by atoms with Crippen LogP contribution >= 0.6 is 0 Å². The van der Waals surface area contributed by atoms with Gasteiger partial charge in [0.05, 0.1) is 5.92 Å². The van der Waals surface area contributed by atoms with Gasteiger partial charge in [-0.15, -0.1) is 0 Å². The molecule has 2 atom stereocenters. The largest absolute Gasteiger partial charge is 0.369 e. The predicted octanol–water partition coefficient (Wildman–Crippen LogP) is 0.111. The number of hydrogen-bond donors (Lipinski definition) is 3. The van der Waals surface area contributed by atoms with Crippen LogP contribution in [0, 0.1) is 5.92 Å². The number of rotatable bonds is 4. The average molecular weight is 261 g/mol. The van der Waals surface area contributed by atoms with E-state index in [4.69, 9.17) is 5.73 Å². The Kier molecular flexibility index (Phi) is 4.16. The maximum absolute atomic E-state index is 11.4. The van der Waals surface area contributed by atoms with Crippen molar-refractivity contribution in [2.45, 2.75) is 19.4 Å². The topological polar surface area (TPSA) is 84.2 Å². The molecule has 4 N–H and O–H groups in total. The molecule has 1 saturated heterocycles. The Morgan fingerprint density at radius 1 is 1.42 bits per heavy atom. The summed E-state index contributed by atoms with van der Waals surface area (Å²) >= 11 is 0. The fourth-order valence-electron chi connectivity index (χ4n) is 2.49.